The second-order valence-electron chi connectivity index (χ2n) is 5.17. The monoisotopic (exact) mass is 299 g/mol. The summed E-state index contributed by atoms with van der Waals surface area (Å²) < 4.78 is 0. The first-order valence-corrected chi connectivity index (χ1v) is 6.74. The van der Waals surface area contributed by atoms with Gasteiger partial charge in [-0.05, 0) is 12.1 Å². The van der Waals surface area contributed by atoms with Crippen LogP contribution in [0.5, 0.6) is 0 Å². The molecule has 112 valence electrons. The van der Waals surface area contributed by atoms with Gasteiger partial charge in [0.2, 0.25) is 0 Å². The molecule has 7 nitrogen and oxygen atoms in total. The molecule has 1 aliphatic rings. The standard InChI is InChI=1S/C15H13N3O4/c1-8(2)12-16-7-11(17-12)15(21)22-18-13(19)9-5-3-4-6-10(9)14(18)20/h3-8H,1-2H3,(H,16,17). The van der Waals surface area contributed by atoms with Gasteiger partial charge in [0.1, 0.15) is 11.5 Å². The van der Waals surface area contributed by atoms with Gasteiger partial charge in [0.25, 0.3) is 11.8 Å². The fourth-order valence-electron chi connectivity index (χ4n) is 2.12. The summed E-state index contributed by atoms with van der Waals surface area (Å²) >= 11 is 0. The predicted octanol–water partition coefficient (Wildman–Crippen LogP) is 1.90. The molecule has 0 aliphatic carbocycles. The molecule has 2 heterocycles. The summed E-state index contributed by atoms with van der Waals surface area (Å²) in [6.07, 6.45) is 1.32. The molecule has 0 bridgehead atoms. The molecule has 0 saturated carbocycles. The van der Waals surface area contributed by atoms with E-state index in [0.717, 1.165) is 0 Å². The van der Waals surface area contributed by atoms with Gasteiger partial charge in [-0.25, -0.2) is 9.78 Å². The minimum Gasteiger partial charge on any atom is -0.336 e. The lowest BCUT2D eigenvalue weighted by Gasteiger charge is -2.11. The first kappa shape index (κ1) is 14.0. The van der Waals surface area contributed by atoms with E-state index in [0.29, 0.717) is 10.9 Å². The van der Waals surface area contributed by atoms with Crippen molar-refractivity contribution in [3.05, 3.63) is 53.1 Å². The molecule has 0 fully saturated rings. The van der Waals surface area contributed by atoms with E-state index in [1.807, 2.05) is 13.8 Å². The first-order valence-electron chi connectivity index (χ1n) is 6.74. The van der Waals surface area contributed by atoms with Crippen molar-refractivity contribution in [1.82, 2.24) is 15.0 Å². The molecule has 0 saturated heterocycles. The number of hydrogen-bond donors (Lipinski definition) is 1. The first-order chi connectivity index (χ1) is 10.5. The number of nitrogens with one attached hydrogen (secondary N) is 1. The van der Waals surface area contributed by atoms with Gasteiger partial charge < -0.3 is 9.82 Å². The molecule has 1 N–H and O–H groups in total. The molecule has 0 spiro atoms. The van der Waals surface area contributed by atoms with E-state index in [9.17, 15) is 14.4 Å². The fraction of sp³-hybridized carbons (Fsp3) is 0.200. The number of imidazole rings is 1. The van der Waals surface area contributed by atoms with Crippen LogP contribution in [-0.2, 0) is 4.84 Å². The van der Waals surface area contributed by atoms with Crippen LogP contribution in [0.2, 0.25) is 0 Å². The summed E-state index contributed by atoms with van der Waals surface area (Å²) in [5, 5.41) is 0.475. The van der Waals surface area contributed by atoms with Crippen molar-refractivity contribution in [3.63, 3.8) is 0 Å². The number of aromatic nitrogens is 2. The molecule has 3 rings (SSSR count). The summed E-state index contributed by atoms with van der Waals surface area (Å²) in [7, 11) is 0. The van der Waals surface area contributed by atoms with Gasteiger partial charge in [-0.1, -0.05) is 31.0 Å². The van der Waals surface area contributed by atoms with Gasteiger partial charge in [-0.15, -0.1) is 0 Å². The summed E-state index contributed by atoms with van der Waals surface area (Å²) in [4.78, 5) is 48.0. The molecule has 0 atom stereocenters. The molecule has 22 heavy (non-hydrogen) atoms. The Hall–Kier alpha value is -2.96. The van der Waals surface area contributed by atoms with Crippen molar-refractivity contribution in [2.45, 2.75) is 19.8 Å². The van der Waals surface area contributed by atoms with Crippen LogP contribution in [0.15, 0.2) is 30.5 Å². The number of benzene rings is 1. The highest BCUT2D eigenvalue weighted by atomic mass is 16.7. The fourth-order valence-corrected chi connectivity index (χ4v) is 2.12. The van der Waals surface area contributed by atoms with Crippen LogP contribution in [0.1, 0.15) is 56.8 Å². The van der Waals surface area contributed by atoms with Crippen molar-refractivity contribution >= 4 is 17.8 Å². The zero-order valence-corrected chi connectivity index (χ0v) is 12.0. The zero-order valence-electron chi connectivity index (χ0n) is 12.0. The Kier molecular flexibility index (Phi) is 3.25. The number of rotatable bonds is 3. The van der Waals surface area contributed by atoms with Gasteiger partial charge in [-0.3, -0.25) is 9.59 Å². The molecule has 7 heteroatoms. The van der Waals surface area contributed by atoms with Gasteiger partial charge in [0.05, 0.1) is 17.3 Å². The summed E-state index contributed by atoms with van der Waals surface area (Å²) in [5.74, 6) is -1.42. The summed E-state index contributed by atoms with van der Waals surface area (Å²) in [5.41, 5.74) is 0.515. The quantitative estimate of drug-likeness (QED) is 0.874. The van der Waals surface area contributed by atoms with Crippen LogP contribution in [0.25, 0.3) is 0 Å². The second kappa shape index (κ2) is 5.10. The Labute approximate surface area is 125 Å². The highest BCUT2D eigenvalue weighted by Gasteiger charge is 2.39. The minimum atomic E-state index is -0.839. The van der Waals surface area contributed by atoms with Crippen LogP contribution in [0.3, 0.4) is 0 Å². The zero-order chi connectivity index (χ0) is 15.9. The molecular weight excluding hydrogens is 286 g/mol. The van der Waals surface area contributed by atoms with Crippen molar-refractivity contribution in [3.8, 4) is 0 Å². The Balaban J connectivity index is 1.80. The largest absolute Gasteiger partial charge is 0.381 e. The normalized spacial score (nSPS) is 13.7. The third-order valence-corrected chi connectivity index (χ3v) is 3.29. The highest BCUT2D eigenvalue weighted by molar-refractivity contribution is 6.21. The van der Waals surface area contributed by atoms with Gasteiger partial charge in [-0.2, -0.15) is 0 Å². The Bertz CT molecular complexity index is 744. The summed E-state index contributed by atoms with van der Waals surface area (Å²) in [6.45, 7) is 3.83. The Morgan fingerprint density at radius 1 is 1.18 bits per heavy atom. The number of fused-ring (bicyclic) bond motifs is 1. The smallest absolute Gasteiger partial charge is 0.336 e. The van der Waals surface area contributed by atoms with Gasteiger partial charge >= 0.3 is 5.97 Å². The van der Waals surface area contributed by atoms with Crippen molar-refractivity contribution in [1.29, 1.82) is 0 Å². The number of hydrogen-bond acceptors (Lipinski definition) is 5. The molecule has 0 radical (unpaired) electrons. The van der Waals surface area contributed by atoms with E-state index >= 15 is 0 Å². The van der Waals surface area contributed by atoms with E-state index < -0.39 is 17.8 Å². The number of hydroxylamine groups is 2. The number of carbonyl (C=O) groups excluding carboxylic acids is 3. The third kappa shape index (κ3) is 2.16. The average Bonchev–Trinajstić information content (AvgIpc) is 3.08. The summed E-state index contributed by atoms with van der Waals surface area (Å²) in [6, 6.07) is 6.30. The second-order valence-corrected chi connectivity index (χ2v) is 5.17. The van der Waals surface area contributed by atoms with Crippen LogP contribution >= 0.6 is 0 Å². The molecule has 0 unspecified atom stereocenters. The highest BCUT2D eigenvalue weighted by Crippen LogP contribution is 2.23. The molecule has 2 amide bonds. The van der Waals surface area contributed by atoms with Gasteiger partial charge in [0, 0.05) is 5.92 Å². The number of imide groups is 1. The molecule has 2 aromatic rings. The topological polar surface area (TPSA) is 92.4 Å². The number of aromatic amines is 1. The predicted molar refractivity (Wildman–Crippen MR) is 75.0 cm³/mol. The number of H-pyrrole nitrogens is 1. The SMILES string of the molecule is CC(C)c1ncc(C(=O)ON2C(=O)c3ccccc3C2=O)[nH]1. The van der Waals surface area contributed by atoms with E-state index in [4.69, 9.17) is 4.84 Å². The maximum absolute atomic E-state index is 12.1. The van der Waals surface area contributed by atoms with Crippen LogP contribution in [-0.4, -0.2) is 32.8 Å². The van der Waals surface area contributed by atoms with Crippen LogP contribution in [0.4, 0.5) is 0 Å². The lowest BCUT2D eigenvalue weighted by Crippen LogP contribution is -2.32. The van der Waals surface area contributed by atoms with E-state index in [-0.39, 0.29) is 22.7 Å². The average molecular weight is 299 g/mol. The van der Waals surface area contributed by atoms with Crippen molar-refractivity contribution in [2.24, 2.45) is 0 Å². The molecule has 1 aliphatic heterocycles. The van der Waals surface area contributed by atoms with Crippen molar-refractivity contribution in [2.75, 3.05) is 0 Å². The maximum Gasteiger partial charge on any atom is 0.381 e. The number of amides is 2. The molecular formula is C15H13N3O4. The lowest BCUT2D eigenvalue weighted by atomic mass is 10.1. The Morgan fingerprint density at radius 3 is 2.27 bits per heavy atom. The minimum absolute atomic E-state index is 0.0836. The van der Waals surface area contributed by atoms with Gasteiger partial charge in [0.15, 0.2) is 0 Å². The van der Waals surface area contributed by atoms with Crippen LogP contribution in [0, 0.1) is 0 Å². The Morgan fingerprint density at radius 2 is 1.77 bits per heavy atom. The van der Waals surface area contributed by atoms with E-state index in [2.05, 4.69) is 9.97 Å². The maximum atomic E-state index is 12.1. The third-order valence-electron chi connectivity index (χ3n) is 3.29. The molecule has 1 aromatic carbocycles. The van der Waals surface area contributed by atoms with Crippen LogP contribution < -0.4 is 0 Å². The van der Waals surface area contributed by atoms with E-state index in [1.54, 1.807) is 12.1 Å². The number of nitrogens with zero attached hydrogens (tertiary/aromatic N) is 2. The van der Waals surface area contributed by atoms with Crippen molar-refractivity contribution < 1.29 is 19.2 Å². The lowest BCUT2D eigenvalue weighted by molar-refractivity contribution is -0.0588. The van der Waals surface area contributed by atoms with E-state index in [1.165, 1.54) is 18.3 Å². The number of carbonyl (C=O) groups is 3. The molecule has 1 aromatic heterocycles.